The van der Waals surface area contributed by atoms with Crippen LogP contribution in [0.3, 0.4) is 0 Å². The zero-order chi connectivity index (χ0) is 19.9. The van der Waals surface area contributed by atoms with E-state index in [0.717, 1.165) is 42.9 Å². The molecule has 144 valence electrons. The van der Waals surface area contributed by atoms with Crippen molar-refractivity contribution in [2.24, 2.45) is 0 Å². The number of benzene rings is 1. The van der Waals surface area contributed by atoms with Crippen molar-refractivity contribution in [1.82, 2.24) is 20.2 Å². The lowest BCUT2D eigenvalue weighted by Crippen LogP contribution is -2.15. The molecule has 0 fully saturated rings. The van der Waals surface area contributed by atoms with E-state index in [1.807, 2.05) is 31.2 Å². The van der Waals surface area contributed by atoms with Crippen molar-refractivity contribution in [2.45, 2.75) is 39.5 Å². The van der Waals surface area contributed by atoms with Crippen LogP contribution >= 0.6 is 11.3 Å². The maximum absolute atomic E-state index is 10.1. The molecule has 0 bridgehead atoms. The number of hydrogen-bond donors (Lipinski definition) is 3. The molecule has 0 aliphatic carbocycles. The van der Waals surface area contributed by atoms with Crippen molar-refractivity contribution in [2.75, 3.05) is 5.32 Å². The third kappa shape index (κ3) is 3.30. The topological polar surface area (TPSA) is 104 Å². The van der Waals surface area contributed by atoms with E-state index >= 15 is 0 Å². The van der Waals surface area contributed by atoms with Gasteiger partial charge in [0.2, 0.25) is 0 Å². The second-order valence-corrected chi connectivity index (χ2v) is 8.22. The van der Waals surface area contributed by atoms with Crippen molar-refractivity contribution >= 4 is 37.6 Å². The molecule has 8 heteroatoms. The minimum atomic E-state index is -0.853. The molecule has 0 aliphatic rings. The monoisotopic (exact) mass is 395 g/mol. The molecule has 28 heavy (non-hydrogen) atoms. The first-order valence-electron chi connectivity index (χ1n) is 8.94. The van der Waals surface area contributed by atoms with E-state index in [4.69, 9.17) is 0 Å². The third-order valence-electron chi connectivity index (χ3n) is 4.79. The Morgan fingerprint density at radius 1 is 1.11 bits per heavy atom. The predicted octanol–water partition coefficient (Wildman–Crippen LogP) is 3.27. The summed E-state index contributed by atoms with van der Waals surface area (Å²) in [7, 11) is 0. The van der Waals surface area contributed by atoms with E-state index < -0.39 is 5.60 Å². The summed E-state index contributed by atoms with van der Waals surface area (Å²) in [6.45, 7) is 5.91. The predicted molar refractivity (Wildman–Crippen MR) is 110 cm³/mol. The standard InChI is InChI=1S/C20H21N5O2S/c1-11-14(9-26)24-25-19-15(11)16-17(28-19)18(23-10-22-16)21-8-12-4-6-13(7-5-12)20(2,3)27/h4-7,10,26-27H,8-9H2,1-3H3,(H,21,22,23). The van der Waals surface area contributed by atoms with Crippen molar-refractivity contribution < 1.29 is 10.2 Å². The highest BCUT2D eigenvalue weighted by atomic mass is 32.1. The molecule has 3 heterocycles. The lowest BCUT2D eigenvalue weighted by atomic mass is 9.97. The largest absolute Gasteiger partial charge is 0.390 e. The molecule has 0 spiro atoms. The van der Waals surface area contributed by atoms with Gasteiger partial charge in [-0.2, -0.15) is 5.10 Å². The van der Waals surface area contributed by atoms with Crippen LogP contribution in [0.2, 0.25) is 0 Å². The Balaban J connectivity index is 1.66. The quantitative estimate of drug-likeness (QED) is 0.476. The average Bonchev–Trinajstić information content (AvgIpc) is 3.06. The number of anilines is 1. The van der Waals surface area contributed by atoms with Crippen LogP contribution < -0.4 is 5.32 Å². The molecule has 1 aromatic carbocycles. The maximum atomic E-state index is 10.1. The Kier molecular flexibility index (Phi) is 4.70. The second-order valence-electron chi connectivity index (χ2n) is 7.22. The second kappa shape index (κ2) is 7.05. The Hall–Kier alpha value is -2.68. The van der Waals surface area contributed by atoms with Crippen LogP contribution in [0.1, 0.15) is 36.2 Å². The van der Waals surface area contributed by atoms with E-state index in [2.05, 4.69) is 25.5 Å². The molecule has 3 N–H and O–H groups in total. The summed E-state index contributed by atoms with van der Waals surface area (Å²) in [5.41, 5.74) is 3.38. The van der Waals surface area contributed by atoms with Crippen LogP contribution in [0.15, 0.2) is 30.6 Å². The highest BCUT2D eigenvalue weighted by molar-refractivity contribution is 7.25. The molecule has 0 saturated carbocycles. The summed E-state index contributed by atoms with van der Waals surface area (Å²) >= 11 is 1.49. The summed E-state index contributed by atoms with van der Waals surface area (Å²) in [6, 6.07) is 7.85. The summed E-state index contributed by atoms with van der Waals surface area (Å²) in [6.07, 6.45) is 1.53. The van der Waals surface area contributed by atoms with Gasteiger partial charge in [0.05, 0.1) is 28.1 Å². The minimum absolute atomic E-state index is 0.150. The summed E-state index contributed by atoms with van der Waals surface area (Å²) < 4.78 is 0.915. The number of nitrogens with zero attached hydrogens (tertiary/aromatic N) is 4. The van der Waals surface area contributed by atoms with Crippen LogP contribution in [0.25, 0.3) is 20.4 Å². The molecular formula is C20H21N5O2S. The number of nitrogens with one attached hydrogen (secondary N) is 1. The molecule has 0 aliphatic heterocycles. The highest BCUT2D eigenvalue weighted by Crippen LogP contribution is 2.36. The molecular weight excluding hydrogens is 374 g/mol. The van der Waals surface area contributed by atoms with Gasteiger partial charge >= 0.3 is 0 Å². The van der Waals surface area contributed by atoms with Gasteiger partial charge in [0.1, 0.15) is 17.0 Å². The zero-order valence-corrected chi connectivity index (χ0v) is 16.7. The molecule has 0 amide bonds. The first-order valence-corrected chi connectivity index (χ1v) is 9.76. The fourth-order valence-corrected chi connectivity index (χ4v) is 4.22. The molecule has 0 radical (unpaired) electrons. The molecule has 7 nitrogen and oxygen atoms in total. The van der Waals surface area contributed by atoms with Crippen molar-refractivity contribution in [1.29, 1.82) is 0 Å². The smallest absolute Gasteiger partial charge is 0.149 e. The number of aromatic nitrogens is 4. The fraction of sp³-hybridized carbons (Fsp3) is 0.300. The first-order chi connectivity index (χ1) is 13.4. The van der Waals surface area contributed by atoms with Crippen LogP contribution in [-0.4, -0.2) is 30.4 Å². The van der Waals surface area contributed by atoms with Crippen LogP contribution in [0.5, 0.6) is 0 Å². The lowest BCUT2D eigenvalue weighted by molar-refractivity contribution is 0.0786. The van der Waals surface area contributed by atoms with E-state index in [0.29, 0.717) is 12.2 Å². The fourth-order valence-electron chi connectivity index (χ4n) is 3.12. The summed E-state index contributed by atoms with van der Waals surface area (Å²) in [5, 5.41) is 32.1. The van der Waals surface area contributed by atoms with Gasteiger partial charge in [0.25, 0.3) is 0 Å². The van der Waals surface area contributed by atoms with Crippen LogP contribution in [0.4, 0.5) is 5.82 Å². The van der Waals surface area contributed by atoms with Gasteiger partial charge in [-0.15, -0.1) is 16.4 Å². The lowest BCUT2D eigenvalue weighted by Gasteiger charge is -2.18. The zero-order valence-electron chi connectivity index (χ0n) is 15.9. The van der Waals surface area contributed by atoms with E-state index in [1.165, 1.54) is 17.7 Å². The Morgan fingerprint density at radius 2 is 1.86 bits per heavy atom. The van der Waals surface area contributed by atoms with Gasteiger partial charge in [-0.1, -0.05) is 24.3 Å². The van der Waals surface area contributed by atoms with E-state index in [1.54, 1.807) is 13.8 Å². The van der Waals surface area contributed by atoms with E-state index in [9.17, 15) is 10.2 Å². The Morgan fingerprint density at radius 3 is 2.54 bits per heavy atom. The number of fused-ring (bicyclic) bond motifs is 3. The molecule has 4 aromatic rings. The average molecular weight is 395 g/mol. The van der Waals surface area contributed by atoms with Crippen LogP contribution in [-0.2, 0) is 18.8 Å². The third-order valence-corrected chi connectivity index (χ3v) is 5.86. The molecule has 0 saturated heterocycles. The number of thiophene rings is 1. The van der Waals surface area contributed by atoms with E-state index in [-0.39, 0.29) is 6.61 Å². The first kappa shape index (κ1) is 18.7. The molecule has 4 rings (SSSR count). The van der Waals surface area contributed by atoms with Crippen molar-refractivity contribution in [3.8, 4) is 0 Å². The number of hydrogen-bond acceptors (Lipinski definition) is 8. The van der Waals surface area contributed by atoms with Gasteiger partial charge in [-0.25, -0.2) is 9.97 Å². The Labute approximate surface area is 166 Å². The number of aliphatic hydroxyl groups excluding tert-OH is 1. The highest BCUT2D eigenvalue weighted by Gasteiger charge is 2.17. The minimum Gasteiger partial charge on any atom is -0.390 e. The molecule has 0 unspecified atom stereocenters. The summed E-state index contributed by atoms with van der Waals surface area (Å²) in [4.78, 5) is 9.62. The number of rotatable bonds is 5. The van der Waals surface area contributed by atoms with Gasteiger partial charge in [0, 0.05) is 11.9 Å². The van der Waals surface area contributed by atoms with Crippen LogP contribution in [0, 0.1) is 6.92 Å². The number of aryl methyl sites for hydroxylation is 1. The van der Waals surface area contributed by atoms with Gasteiger partial charge in [-0.3, -0.25) is 0 Å². The van der Waals surface area contributed by atoms with Gasteiger partial charge in [0.15, 0.2) is 0 Å². The normalized spacial score (nSPS) is 12.0. The molecule has 0 atom stereocenters. The summed E-state index contributed by atoms with van der Waals surface area (Å²) in [5.74, 6) is 0.740. The molecule has 3 aromatic heterocycles. The van der Waals surface area contributed by atoms with Crippen molar-refractivity contribution in [3.63, 3.8) is 0 Å². The maximum Gasteiger partial charge on any atom is 0.149 e. The van der Waals surface area contributed by atoms with Gasteiger partial charge in [-0.05, 0) is 37.5 Å². The Bertz CT molecular complexity index is 1150. The number of aliphatic hydroxyl groups is 2. The van der Waals surface area contributed by atoms with Gasteiger partial charge < -0.3 is 15.5 Å². The SMILES string of the molecule is Cc1c(CO)nnc2sc3c(NCc4ccc(C(C)(C)O)cc4)ncnc3c12. The van der Waals surface area contributed by atoms with Crippen molar-refractivity contribution in [3.05, 3.63) is 53.0 Å².